The molecular formula is C21H27ClN2O3. The molecule has 1 aromatic heterocycles. The number of halogens is 1. The SMILES string of the molecule is COCCN(C(=O)c1ccco1)C1CCN(CCc2ccc(Cl)cc2)CC1. The number of amides is 1. The van der Waals surface area contributed by atoms with Crippen LogP contribution in [-0.4, -0.2) is 61.6 Å². The molecule has 5 nitrogen and oxygen atoms in total. The minimum atomic E-state index is -0.0448. The van der Waals surface area contributed by atoms with Gasteiger partial charge in [-0.15, -0.1) is 0 Å². The monoisotopic (exact) mass is 390 g/mol. The normalized spacial score (nSPS) is 15.8. The Bertz CT molecular complexity index is 695. The summed E-state index contributed by atoms with van der Waals surface area (Å²) in [5, 5.41) is 0.775. The number of hydrogen-bond donors (Lipinski definition) is 0. The topological polar surface area (TPSA) is 45.9 Å². The maximum atomic E-state index is 12.8. The smallest absolute Gasteiger partial charge is 0.289 e. The summed E-state index contributed by atoms with van der Waals surface area (Å²) >= 11 is 5.95. The summed E-state index contributed by atoms with van der Waals surface area (Å²) in [6, 6.07) is 11.8. The molecule has 1 fully saturated rings. The summed E-state index contributed by atoms with van der Waals surface area (Å²) in [7, 11) is 1.66. The fourth-order valence-corrected chi connectivity index (χ4v) is 3.70. The zero-order valence-corrected chi connectivity index (χ0v) is 16.5. The standard InChI is InChI=1S/C21H27ClN2O3/c1-26-16-14-24(21(25)20-3-2-15-27-20)19-9-12-23(13-10-19)11-8-17-4-6-18(22)7-5-17/h2-7,15,19H,8-14,16H2,1H3. The molecule has 0 aliphatic carbocycles. The van der Waals surface area contributed by atoms with Crippen molar-refractivity contribution in [3.05, 3.63) is 59.0 Å². The molecule has 6 heteroatoms. The number of ether oxygens (including phenoxy) is 1. The van der Waals surface area contributed by atoms with E-state index in [9.17, 15) is 4.79 Å². The summed E-state index contributed by atoms with van der Waals surface area (Å²) in [6.07, 6.45) is 4.50. The maximum absolute atomic E-state index is 12.8. The van der Waals surface area contributed by atoms with E-state index in [1.165, 1.54) is 5.56 Å². The number of likely N-dealkylation sites (tertiary alicyclic amines) is 1. The van der Waals surface area contributed by atoms with Crippen LogP contribution in [0.5, 0.6) is 0 Å². The predicted octanol–water partition coefficient (Wildman–Crippen LogP) is 3.73. The van der Waals surface area contributed by atoms with Gasteiger partial charge >= 0.3 is 0 Å². The van der Waals surface area contributed by atoms with E-state index < -0.39 is 0 Å². The van der Waals surface area contributed by atoms with Crippen LogP contribution in [0.25, 0.3) is 0 Å². The number of hydrogen-bond acceptors (Lipinski definition) is 4. The first-order chi connectivity index (χ1) is 13.2. The summed E-state index contributed by atoms with van der Waals surface area (Å²) in [6.45, 7) is 4.13. The van der Waals surface area contributed by atoms with E-state index in [1.54, 1.807) is 25.5 Å². The summed E-state index contributed by atoms with van der Waals surface area (Å²) in [5.74, 6) is 0.355. The number of carbonyl (C=O) groups is 1. The minimum absolute atomic E-state index is 0.0448. The zero-order chi connectivity index (χ0) is 19.1. The Kier molecular flexibility index (Phi) is 7.33. The molecule has 0 radical (unpaired) electrons. The van der Waals surface area contributed by atoms with Crippen LogP contribution in [-0.2, 0) is 11.2 Å². The number of benzene rings is 1. The molecule has 0 N–H and O–H groups in total. The number of nitrogens with zero attached hydrogens (tertiary/aromatic N) is 2. The van der Waals surface area contributed by atoms with Gasteiger partial charge in [0.25, 0.3) is 5.91 Å². The second-order valence-electron chi connectivity index (χ2n) is 6.92. The minimum Gasteiger partial charge on any atom is -0.459 e. The Morgan fingerprint density at radius 1 is 1.26 bits per heavy atom. The van der Waals surface area contributed by atoms with Gasteiger partial charge in [0.05, 0.1) is 12.9 Å². The third-order valence-corrected chi connectivity index (χ3v) is 5.41. The van der Waals surface area contributed by atoms with E-state index in [-0.39, 0.29) is 11.9 Å². The first-order valence-corrected chi connectivity index (χ1v) is 9.85. The van der Waals surface area contributed by atoms with Crippen molar-refractivity contribution in [2.24, 2.45) is 0 Å². The molecular weight excluding hydrogens is 364 g/mol. The highest BCUT2D eigenvalue weighted by molar-refractivity contribution is 6.30. The van der Waals surface area contributed by atoms with Crippen LogP contribution in [0.3, 0.4) is 0 Å². The zero-order valence-electron chi connectivity index (χ0n) is 15.8. The van der Waals surface area contributed by atoms with Crippen LogP contribution in [0, 0.1) is 0 Å². The molecule has 146 valence electrons. The predicted molar refractivity (Wildman–Crippen MR) is 106 cm³/mol. The summed E-state index contributed by atoms with van der Waals surface area (Å²) in [5.41, 5.74) is 1.30. The number of furan rings is 1. The lowest BCUT2D eigenvalue weighted by Gasteiger charge is -2.38. The van der Waals surface area contributed by atoms with Gasteiger partial charge in [-0.05, 0) is 49.1 Å². The fourth-order valence-electron chi connectivity index (χ4n) is 3.57. The van der Waals surface area contributed by atoms with Gasteiger partial charge in [0, 0.05) is 44.4 Å². The molecule has 0 spiro atoms. The Morgan fingerprint density at radius 3 is 2.63 bits per heavy atom. The highest BCUT2D eigenvalue weighted by Gasteiger charge is 2.29. The van der Waals surface area contributed by atoms with Gasteiger partial charge in [0.2, 0.25) is 0 Å². The van der Waals surface area contributed by atoms with E-state index in [0.29, 0.717) is 18.9 Å². The molecule has 0 saturated carbocycles. The third kappa shape index (κ3) is 5.58. The average molecular weight is 391 g/mol. The van der Waals surface area contributed by atoms with E-state index in [2.05, 4.69) is 17.0 Å². The number of rotatable bonds is 8. The van der Waals surface area contributed by atoms with Crippen molar-refractivity contribution >= 4 is 17.5 Å². The van der Waals surface area contributed by atoms with Crippen molar-refractivity contribution in [1.82, 2.24) is 9.80 Å². The molecule has 1 aliphatic rings. The number of piperidine rings is 1. The van der Waals surface area contributed by atoms with Crippen LogP contribution >= 0.6 is 11.6 Å². The molecule has 0 bridgehead atoms. The molecule has 3 rings (SSSR count). The third-order valence-electron chi connectivity index (χ3n) is 5.16. The quantitative estimate of drug-likeness (QED) is 0.689. The van der Waals surface area contributed by atoms with Gasteiger partial charge in [-0.2, -0.15) is 0 Å². The molecule has 1 aliphatic heterocycles. The summed E-state index contributed by atoms with van der Waals surface area (Å²) in [4.78, 5) is 17.2. The first-order valence-electron chi connectivity index (χ1n) is 9.47. The van der Waals surface area contributed by atoms with Crippen molar-refractivity contribution in [3.63, 3.8) is 0 Å². The molecule has 1 aromatic carbocycles. The molecule has 27 heavy (non-hydrogen) atoms. The molecule has 1 saturated heterocycles. The van der Waals surface area contributed by atoms with Gasteiger partial charge in [0.1, 0.15) is 0 Å². The largest absolute Gasteiger partial charge is 0.459 e. The van der Waals surface area contributed by atoms with Crippen molar-refractivity contribution in [3.8, 4) is 0 Å². The Morgan fingerprint density at radius 2 is 2.00 bits per heavy atom. The number of methoxy groups -OCH3 is 1. The van der Waals surface area contributed by atoms with Crippen LogP contribution in [0.1, 0.15) is 29.0 Å². The van der Waals surface area contributed by atoms with Gasteiger partial charge in [-0.3, -0.25) is 4.79 Å². The molecule has 2 aromatic rings. The summed E-state index contributed by atoms with van der Waals surface area (Å²) < 4.78 is 10.5. The lowest BCUT2D eigenvalue weighted by atomic mass is 10.0. The molecule has 1 amide bonds. The number of carbonyl (C=O) groups excluding carboxylic acids is 1. The van der Waals surface area contributed by atoms with E-state index >= 15 is 0 Å². The van der Waals surface area contributed by atoms with Crippen LogP contribution in [0.2, 0.25) is 5.02 Å². The molecule has 0 unspecified atom stereocenters. The van der Waals surface area contributed by atoms with Gasteiger partial charge < -0.3 is 19.0 Å². The van der Waals surface area contributed by atoms with Crippen molar-refractivity contribution in [2.45, 2.75) is 25.3 Å². The molecule has 0 atom stereocenters. The van der Waals surface area contributed by atoms with Crippen LogP contribution in [0.15, 0.2) is 47.1 Å². The van der Waals surface area contributed by atoms with Crippen LogP contribution < -0.4 is 0 Å². The Balaban J connectivity index is 1.52. The second kappa shape index (κ2) is 9.93. The van der Waals surface area contributed by atoms with Gasteiger partial charge in [-0.1, -0.05) is 23.7 Å². The van der Waals surface area contributed by atoms with Crippen molar-refractivity contribution in [1.29, 1.82) is 0 Å². The fraction of sp³-hybridized carbons (Fsp3) is 0.476. The van der Waals surface area contributed by atoms with Gasteiger partial charge in [-0.25, -0.2) is 0 Å². The lowest BCUT2D eigenvalue weighted by Crippen LogP contribution is -2.48. The average Bonchev–Trinajstić information content (AvgIpc) is 3.23. The second-order valence-corrected chi connectivity index (χ2v) is 7.35. The van der Waals surface area contributed by atoms with Crippen molar-refractivity contribution < 1.29 is 13.9 Å². The highest BCUT2D eigenvalue weighted by atomic mass is 35.5. The van der Waals surface area contributed by atoms with Crippen LogP contribution in [0.4, 0.5) is 0 Å². The first kappa shape index (κ1) is 19.9. The van der Waals surface area contributed by atoms with E-state index in [4.69, 9.17) is 20.8 Å². The highest BCUT2D eigenvalue weighted by Crippen LogP contribution is 2.20. The Hall–Kier alpha value is -1.82. The van der Waals surface area contributed by atoms with E-state index in [1.807, 2.05) is 17.0 Å². The molecule has 2 heterocycles. The van der Waals surface area contributed by atoms with E-state index in [0.717, 1.165) is 43.9 Å². The maximum Gasteiger partial charge on any atom is 0.289 e. The van der Waals surface area contributed by atoms with Crippen molar-refractivity contribution in [2.75, 3.05) is 39.9 Å². The Labute approximate surface area is 165 Å². The van der Waals surface area contributed by atoms with Gasteiger partial charge in [0.15, 0.2) is 5.76 Å². The lowest BCUT2D eigenvalue weighted by molar-refractivity contribution is 0.0458.